The third-order valence-corrected chi connectivity index (χ3v) is 2.32. The molecule has 0 aliphatic heterocycles. The van der Waals surface area contributed by atoms with Crippen molar-refractivity contribution in [3.05, 3.63) is 28.8 Å². The van der Waals surface area contributed by atoms with Crippen molar-refractivity contribution in [3.63, 3.8) is 0 Å². The summed E-state index contributed by atoms with van der Waals surface area (Å²) in [6.45, 7) is 6.90. The number of carbonyl (C=O) groups excluding carboxylic acids is 1. The van der Waals surface area contributed by atoms with E-state index in [1.54, 1.807) is 0 Å². The van der Waals surface area contributed by atoms with Gasteiger partial charge in [-0.3, -0.25) is 0 Å². The van der Waals surface area contributed by atoms with Crippen LogP contribution in [0.3, 0.4) is 0 Å². The van der Waals surface area contributed by atoms with E-state index in [4.69, 9.17) is 4.74 Å². The van der Waals surface area contributed by atoms with Gasteiger partial charge >= 0.3 is 0 Å². The van der Waals surface area contributed by atoms with E-state index < -0.39 is 0 Å². The van der Waals surface area contributed by atoms with Crippen LogP contribution in [0.25, 0.3) is 0 Å². The summed E-state index contributed by atoms with van der Waals surface area (Å²) in [4.78, 5) is 13.3. The maximum atomic E-state index is 9.83. The zero-order valence-electron chi connectivity index (χ0n) is 9.33. The number of nitrogens with zero attached hydrogens (tertiary/aromatic N) is 1. The fourth-order valence-electron chi connectivity index (χ4n) is 1.34. The van der Waals surface area contributed by atoms with E-state index in [0.717, 1.165) is 11.3 Å². The Balaban J connectivity index is 2.68. The van der Waals surface area contributed by atoms with E-state index in [-0.39, 0.29) is 0 Å². The van der Waals surface area contributed by atoms with Crippen LogP contribution in [-0.4, -0.2) is 19.2 Å². The molecule has 0 aromatic heterocycles. The molecule has 0 aliphatic carbocycles. The molecule has 1 aromatic carbocycles. The summed E-state index contributed by atoms with van der Waals surface area (Å²) in [6.07, 6.45) is 1.48. The first-order valence-corrected chi connectivity index (χ1v) is 4.89. The predicted molar refractivity (Wildman–Crippen MR) is 59.1 cm³/mol. The van der Waals surface area contributed by atoms with Crippen LogP contribution in [0.4, 0.5) is 0 Å². The number of ether oxygens (including phenoxy) is 1. The number of aliphatic imine (C=N–C) groups is 1. The third-order valence-electron chi connectivity index (χ3n) is 2.32. The highest BCUT2D eigenvalue weighted by Gasteiger charge is 2.02. The van der Waals surface area contributed by atoms with Crippen molar-refractivity contribution in [1.29, 1.82) is 0 Å². The Kier molecular flexibility index (Phi) is 4.07. The average molecular weight is 205 g/mol. The third kappa shape index (κ3) is 3.22. The Morgan fingerprint density at radius 1 is 1.20 bits per heavy atom. The molecule has 0 N–H and O–H groups in total. The van der Waals surface area contributed by atoms with E-state index in [2.05, 4.69) is 18.0 Å². The number of aryl methyl sites for hydroxylation is 3. The Labute approximate surface area is 89.8 Å². The molecule has 0 unspecified atom stereocenters. The van der Waals surface area contributed by atoms with Crippen LogP contribution in [-0.2, 0) is 4.79 Å². The molecule has 0 heterocycles. The van der Waals surface area contributed by atoms with Crippen molar-refractivity contribution in [2.45, 2.75) is 20.8 Å². The normalized spacial score (nSPS) is 9.53. The summed E-state index contributed by atoms with van der Waals surface area (Å²) in [7, 11) is 0. The highest BCUT2D eigenvalue weighted by atomic mass is 16.5. The summed E-state index contributed by atoms with van der Waals surface area (Å²) in [6, 6.07) is 4.10. The lowest BCUT2D eigenvalue weighted by Crippen LogP contribution is -2.02. The van der Waals surface area contributed by atoms with Gasteiger partial charge in [-0.15, -0.1) is 0 Å². The minimum absolute atomic E-state index is 0.357. The summed E-state index contributed by atoms with van der Waals surface area (Å²) in [5, 5.41) is 0. The van der Waals surface area contributed by atoms with Crippen molar-refractivity contribution in [2.75, 3.05) is 13.2 Å². The molecule has 0 spiro atoms. The maximum Gasteiger partial charge on any atom is 0.235 e. The maximum absolute atomic E-state index is 9.83. The lowest BCUT2D eigenvalue weighted by molar-refractivity contribution is 0.326. The molecule has 80 valence electrons. The quantitative estimate of drug-likeness (QED) is 0.430. The average Bonchev–Trinajstić information content (AvgIpc) is 2.20. The zero-order valence-corrected chi connectivity index (χ0v) is 9.33. The fraction of sp³-hybridized carbons (Fsp3) is 0.417. The highest BCUT2D eigenvalue weighted by molar-refractivity contribution is 5.40. The number of isocyanates is 1. The summed E-state index contributed by atoms with van der Waals surface area (Å²) >= 11 is 0. The molecule has 0 saturated heterocycles. The van der Waals surface area contributed by atoms with Gasteiger partial charge in [-0.1, -0.05) is 6.07 Å². The number of rotatable bonds is 4. The molecule has 0 saturated carbocycles. The number of hydrogen-bond donors (Lipinski definition) is 0. The molecule has 1 rings (SSSR count). The van der Waals surface area contributed by atoms with Gasteiger partial charge in [0, 0.05) is 0 Å². The van der Waals surface area contributed by atoms with E-state index in [1.165, 1.54) is 17.2 Å². The van der Waals surface area contributed by atoms with Crippen LogP contribution in [0.5, 0.6) is 5.75 Å². The SMILES string of the molecule is Cc1cc(C)c(OCCN=C=O)cc1C. The van der Waals surface area contributed by atoms with Crippen LogP contribution < -0.4 is 4.74 Å². The Hall–Kier alpha value is -1.60. The lowest BCUT2D eigenvalue weighted by Gasteiger charge is -2.10. The second kappa shape index (κ2) is 5.32. The Bertz CT molecular complexity index is 393. The summed E-state index contributed by atoms with van der Waals surface area (Å²) in [5.41, 5.74) is 3.56. The van der Waals surface area contributed by atoms with Gasteiger partial charge in [0.15, 0.2) is 0 Å². The van der Waals surface area contributed by atoms with Crippen LogP contribution in [0.15, 0.2) is 17.1 Å². The smallest absolute Gasteiger partial charge is 0.235 e. The van der Waals surface area contributed by atoms with E-state index in [0.29, 0.717) is 13.2 Å². The van der Waals surface area contributed by atoms with E-state index in [1.807, 2.05) is 19.9 Å². The molecule has 0 aliphatic rings. The molecule has 0 atom stereocenters. The second-order valence-electron chi connectivity index (χ2n) is 3.52. The minimum atomic E-state index is 0.357. The van der Waals surface area contributed by atoms with Crippen LogP contribution >= 0.6 is 0 Å². The van der Waals surface area contributed by atoms with Crippen LogP contribution in [0, 0.1) is 20.8 Å². The summed E-state index contributed by atoms with van der Waals surface area (Å²) < 4.78 is 5.50. The van der Waals surface area contributed by atoms with E-state index in [9.17, 15) is 4.79 Å². The van der Waals surface area contributed by atoms with Gasteiger partial charge in [-0.2, -0.15) is 0 Å². The van der Waals surface area contributed by atoms with Crippen molar-refractivity contribution < 1.29 is 9.53 Å². The Morgan fingerprint density at radius 2 is 1.87 bits per heavy atom. The molecular formula is C12H15NO2. The van der Waals surface area contributed by atoms with Crippen LogP contribution in [0.1, 0.15) is 16.7 Å². The van der Waals surface area contributed by atoms with Crippen molar-refractivity contribution >= 4 is 6.08 Å². The first-order chi connectivity index (χ1) is 7.15. The number of benzene rings is 1. The van der Waals surface area contributed by atoms with Gasteiger partial charge in [-0.05, 0) is 43.5 Å². The van der Waals surface area contributed by atoms with Gasteiger partial charge in [0.1, 0.15) is 12.4 Å². The fourth-order valence-corrected chi connectivity index (χ4v) is 1.34. The van der Waals surface area contributed by atoms with Crippen LogP contribution in [0.2, 0.25) is 0 Å². The van der Waals surface area contributed by atoms with Gasteiger partial charge < -0.3 is 4.74 Å². The van der Waals surface area contributed by atoms with Crippen molar-refractivity contribution in [2.24, 2.45) is 4.99 Å². The van der Waals surface area contributed by atoms with Crippen molar-refractivity contribution in [1.82, 2.24) is 0 Å². The van der Waals surface area contributed by atoms with Gasteiger partial charge in [0.2, 0.25) is 6.08 Å². The molecule has 0 amide bonds. The molecule has 0 radical (unpaired) electrons. The molecule has 15 heavy (non-hydrogen) atoms. The minimum Gasteiger partial charge on any atom is -0.491 e. The molecule has 3 heteroatoms. The van der Waals surface area contributed by atoms with Gasteiger partial charge in [0.05, 0.1) is 6.54 Å². The standard InChI is InChI=1S/C12H15NO2/c1-9-6-11(3)12(7-10(9)2)15-5-4-13-8-14/h6-7H,4-5H2,1-3H3. The first-order valence-electron chi connectivity index (χ1n) is 4.89. The number of hydrogen-bond acceptors (Lipinski definition) is 3. The largest absolute Gasteiger partial charge is 0.491 e. The summed E-state index contributed by atoms with van der Waals surface area (Å²) in [5.74, 6) is 0.860. The molecule has 3 nitrogen and oxygen atoms in total. The topological polar surface area (TPSA) is 38.7 Å². The molecule has 1 aromatic rings. The van der Waals surface area contributed by atoms with Crippen molar-refractivity contribution in [3.8, 4) is 5.75 Å². The highest BCUT2D eigenvalue weighted by Crippen LogP contribution is 2.22. The zero-order chi connectivity index (χ0) is 11.3. The molecule has 0 fully saturated rings. The van der Waals surface area contributed by atoms with E-state index >= 15 is 0 Å². The molecule has 0 bridgehead atoms. The lowest BCUT2D eigenvalue weighted by atomic mass is 10.1. The predicted octanol–water partition coefficient (Wildman–Crippen LogP) is 2.33. The first kappa shape index (κ1) is 11.5. The monoisotopic (exact) mass is 205 g/mol. The van der Waals surface area contributed by atoms with Gasteiger partial charge in [0.25, 0.3) is 0 Å². The second-order valence-corrected chi connectivity index (χ2v) is 3.52. The van der Waals surface area contributed by atoms with Gasteiger partial charge in [-0.25, -0.2) is 9.79 Å². The molecular weight excluding hydrogens is 190 g/mol. The Morgan fingerprint density at radius 3 is 2.53 bits per heavy atom.